The Morgan fingerprint density at radius 3 is 2.20 bits per heavy atom. The zero-order chi connectivity index (χ0) is 15.7. The van der Waals surface area contributed by atoms with Gasteiger partial charge in [-0.3, -0.25) is 0 Å². The number of halogens is 4. The first-order valence-corrected chi connectivity index (χ1v) is 6.88. The van der Waals surface area contributed by atoms with E-state index in [0.717, 1.165) is 6.07 Å². The van der Waals surface area contributed by atoms with Crippen molar-refractivity contribution in [2.45, 2.75) is 38.6 Å². The molecule has 1 atom stereocenters. The van der Waals surface area contributed by atoms with Crippen LogP contribution < -0.4 is 0 Å². The molecular weight excluding hydrogens is 294 g/mol. The zero-order valence-corrected chi connectivity index (χ0v) is 12.3. The van der Waals surface area contributed by atoms with E-state index < -0.39 is 33.3 Å². The van der Waals surface area contributed by atoms with Gasteiger partial charge in [0.25, 0.3) is 0 Å². The molecule has 0 saturated carbocycles. The smallest absolute Gasteiger partial charge is 0.234 e. The van der Waals surface area contributed by atoms with Crippen LogP contribution in [-0.2, 0) is 17.2 Å². The van der Waals surface area contributed by atoms with Crippen molar-refractivity contribution < 1.29 is 21.8 Å². The molecule has 0 unspecified atom stereocenters. The fourth-order valence-electron chi connectivity index (χ4n) is 1.34. The van der Waals surface area contributed by atoms with Gasteiger partial charge in [0, 0.05) is 5.56 Å². The molecule has 1 rings (SSSR count). The van der Waals surface area contributed by atoms with Crippen molar-refractivity contribution in [3.8, 4) is 0 Å². The van der Waals surface area contributed by atoms with E-state index in [4.69, 9.17) is 0 Å². The highest BCUT2D eigenvalue weighted by molar-refractivity contribution is 7.85. The van der Waals surface area contributed by atoms with E-state index in [9.17, 15) is 21.8 Å². The zero-order valence-electron chi connectivity index (χ0n) is 11.5. The first kappa shape index (κ1) is 16.8. The van der Waals surface area contributed by atoms with Crippen molar-refractivity contribution in [1.29, 1.82) is 0 Å². The molecule has 0 aromatic heterocycles. The number of rotatable bonds is 2. The van der Waals surface area contributed by atoms with Crippen LogP contribution >= 0.6 is 0 Å². The fraction of sp³-hybridized carbons (Fsp3) is 0.462. The predicted octanol–water partition coefficient (Wildman–Crippen LogP) is 4.12. The van der Waals surface area contributed by atoms with Crippen LogP contribution in [0.2, 0.25) is 0 Å². The van der Waals surface area contributed by atoms with E-state index in [0.29, 0.717) is 6.07 Å². The van der Waals surface area contributed by atoms with Crippen molar-refractivity contribution in [3.05, 3.63) is 35.1 Å². The Morgan fingerprint density at radius 2 is 1.75 bits per heavy atom. The average Bonchev–Trinajstić information content (AvgIpc) is 2.26. The van der Waals surface area contributed by atoms with Gasteiger partial charge in [-0.1, -0.05) is 12.1 Å². The summed E-state index contributed by atoms with van der Waals surface area (Å²) >= 11 is 0. The third-order valence-corrected chi connectivity index (χ3v) is 3.93. The Kier molecular flexibility index (Phi) is 4.74. The van der Waals surface area contributed by atoms with Crippen LogP contribution in [0.3, 0.4) is 0 Å². The van der Waals surface area contributed by atoms with Gasteiger partial charge in [0.15, 0.2) is 0 Å². The second kappa shape index (κ2) is 5.63. The van der Waals surface area contributed by atoms with Gasteiger partial charge in [-0.25, -0.2) is 8.60 Å². The number of hydrogen-bond acceptors (Lipinski definition) is 1. The summed E-state index contributed by atoms with van der Waals surface area (Å²) in [6.07, 6.45) is -4.77. The molecule has 0 radical (unpaired) electrons. The molecule has 2 nitrogen and oxygen atoms in total. The Labute approximate surface area is 117 Å². The molecule has 0 fully saturated rings. The standard InChI is InChI=1S/C13H15F4NOS/c1-8(18-20(19)12(2,3)4)9-6-5-7-10(11(9)14)13(15,16)17/h5-7H,1-4H3/b18-8+/t20-/m0/s1. The third kappa shape index (κ3) is 3.88. The molecule has 0 spiro atoms. The third-order valence-electron chi connectivity index (χ3n) is 2.44. The normalized spacial score (nSPS) is 15.3. The quantitative estimate of drug-likeness (QED) is 0.597. The Bertz CT molecular complexity index is 558. The van der Waals surface area contributed by atoms with Crippen molar-refractivity contribution >= 4 is 16.7 Å². The summed E-state index contributed by atoms with van der Waals surface area (Å²) < 4.78 is 66.6. The van der Waals surface area contributed by atoms with E-state index in [2.05, 4.69) is 4.40 Å². The summed E-state index contributed by atoms with van der Waals surface area (Å²) in [7, 11) is -1.66. The Hall–Kier alpha value is -1.24. The Morgan fingerprint density at radius 1 is 1.20 bits per heavy atom. The highest BCUT2D eigenvalue weighted by Gasteiger charge is 2.35. The SMILES string of the molecule is C/C(=N\[S@@](=O)C(C)(C)C)c1cccc(C(F)(F)F)c1F. The van der Waals surface area contributed by atoms with E-state index in [1.807, 2.05) is 0 Å². The molecule has 0 amide bonds. The van der Waals surface area contributed by atoms with Gasteiger partial charge in [-0.15, -0.1) is 0 Å². The minimum absolute atomic E-state index is 0.0261. The van der Waals surface area contributed by atoms with Gasteiger partial charge in [0.1, 0.15) is 16.8 Å². The minimum Gasteiger partial charge on any atom is -0.234 e. The minimum atomic E-state index is -4.77. The number of benzene rings is 1. The maximum atomic E-state index is 13.9. The lowest BCUT2D eigenvalue weighted by atomic mass is 10.1. The molecule has 1 aromatic carbocycles. The van der Waals surface area contributed by atoms with Crippen molar-refractivity contribution in [1.82, 2.24) is 0 Å². The lowest BCUT2D eigenvalue weighted by Crippen LogP contribution is -2.21. The van der Waals surface area contributed by atoms with Crippen LogP contribution in [0.5, 0.6) is 0 Å². The molecule has 0 N–H and O–H groups in total. The van der Waals surface area contributed by atoms with Crippen molar-refractivity contribution in [2.75, 3.05) is 0 Å². The number of nitrogens with zero attached hydrogens (tertiary/aromatic N) is 1. The Balaban J connectivity index is 3.29. The van der Waals surface area contributed by atoms with Gasteiger partial charge in [-0.05, 0) is 33.8 Å². The average molecular weight is 309 g/mol. The highest BCUT2D eigenvalue weighted by atomic mass is 32.2. The summed E-state index contributed by atoms with van der Waals surface area (Å²) in [5, 5.41) is 0. The molecule has 0 aliphatic rings. The molecule has 1 aromatic rings. The monoisotopic (exact) mass is 309 g/mol. The van der Waals surface area contributed by atoms with Crippen LogP contribution in [-0.4, -0.2) is 14.7 Å². The van der Waals surface area contributed by atoms with Crippen LogP contribution in [0.4, 0.5) is 17.6 Å². The summed E-state index contributed by atoms with van der Waals surface area (Å²) in [4.78, 5) is 0. The van der Waals surface area contributed by atoms with Gasteiger partial charge in [0.05, 0.1) is 16.0 Å². The number of alkyl halides is 3. The van der Waals surface area contributed by atoms with Crippen molar-refractivity contribution in [2.24, 2.45) is 4.40 Å². The molecule has 20 heavy (non-hydrogen) atoms. The van der Waals surface area contributed by atoms with E-state index >= 15 is 0 Å². The molecule has 112 valence electrons. The van der Waals surface area contributed by atoms with E-state index in [1.54, 1.807) is 20.8 Å². The molecule has 0 aliphatic heterocycles. The second-order valence-corrected chi connectivity index (χ2v) is 7.11. The summed E-state index contributed by atoms with van der Waals surface area (Å²) in [5.74, 6) is -1.40. The predicted molar refractivity (Wildman–Crippen MR) is 71.5 cm³/mol. The molecule has 0 saturated heterocycles. The van der Waals surface area contributed by atoms with Crippen LogP contribution in [0.15, 0.2) is 22.6 Å². The van der Waals surface area contributed by atoms with Crippen LogP contribution in [0.25, 0.3) is 0 Å². The topological polar surface area (TPSA) is 29.4 Å². The van der Waals surface area contributed by atoms with Crippen molar-refractivity contribution in [3.63, 3.8) is 0 Å². The van der Waals surface area contributed by atoms with Gasteiger partial charge in [0.2, 0.25) is 0 Å². The summed E-state index contributed by atoms with van der Waals surface area (Å²) in [6, 6.07) is 2.94. The second-order valence-electron chi connectivity index (χ2n) is 5.20. The maximum Gasteiger partial charge on any atom is 0.419 e. The van der Waals surface area contributed by atoms with Crippen LogP contribution in [0.1, 0.15) is 38.8 Å². The maximum absolute atomic E-state index is 13.9. The lowest BCUT2D eigenvalue weighted by Gasteiger charge is -2.15. The first-order valence-electron chi connectivity index (χ1n) is 5.78. The summed E-state index contributed by atoms with van der Waals surface area (Å²) in [5.41, 5.74) is -1.68. The van der Waals surface area contributed by atoms with Crippen LogP contribution in [0, 0.1) is 5.82 Å². The van der Waals surface area contributed by atoms with Gasteiger partial charge < -0.3 is 0 Å². The molecule has 7 heteroatoms. The fourth-order valence-corrected chi connectivity index (χ4v) is 1.96. The summed E-state index contributed by atoms with van der Waals surface area (Å²) in [6.45, 7) is 6.34. The van der Waals surface area contributed by atoms with E-state index in [1.165, 1.54) is 13.0 Å². The molecule has 0 bridgehead atoms. The first-order chi connectivity index (χ1) is 8.94. The molecule has 0 aliphatic carbocycles. The molecular formula is C13H15F4NOS. The highest BCUT2D eigenvalue weighted by Crippen LogP contribution is 2.32. The molecule has 0 heterocycles. The largest absolute Gasteiger partial charge is 0.419 e. The van der Waals surface area contributed by atoms with E-state index in [-0.39, 0.29) is 11.3 Å². The number of hydrogen-bond donors (Lipinski definition) is 0. The van der Waals surface area contributed by atoms with Gasteiger partial charge >= 0.3 is 6.18 Å². The van der Waals surface area contributed by atoms with Gasteiger partial charge in [-0.2, -0.15) is 17.6 Å². The lowest BCUT2D eigenvalue weighted by molar-refractivity contribution is -0.140.